The van der Waals surface area contributed by atoms with Crippen LogP contribution in [0.25, 0.3) is 44.3 Å². The maximum absolute atomic E-state index is 15.5. The van der Waals surface area contributed by atoms with Gasteiger partial charge in [0.25, 0.3) is 0 Å². The molecule has 2 aliphatic rings. The fourth-order valence-corrected chi connectivity index (χ4v) is 7.77. The first-order chi connectivity index (χ1) is 19.1. The molecule has 3 heteroatoms. The van der Waals surface area contributed by atoms with Crippen LogP contribution in [0, 0.1) is 24.6 Å². The van der Waals surface area contributed by atoms with E-state index in [1.165, 1.54) is 56.9 Å². The molecule has 2 aliphatic carbocycles. The summed E-state index contributed by atoms with van der Waals surface area (Å²) in [6.07, 6.45) is 13.1. The number of aryl methyl sites for hydroxylation is 2. The van der Waals surface area contributed by atoms with Crippen molar-refractivity contribution in [1.82, 2.24) is 0 Å². The maximum atomic E-state index is 15.5. The van der Waals surface area contributed by atoms with Gasteiger partial charge in [0.1, 0.15) is 24.0 Å². The number of halogens is 1. The molecule has 0 spiro atoms. The molecule has 7 rings (SSSR count). The Kier molecular flexibility index (Phi) is 6.26. The van der Waals surface area contributed by atoms with Crippen LogP contribution in [0.1, 0.15) is 68.4 Å². The van der Waals surface area contributed by atoms with Crippen LogP contribution in [0.5, 0.6) is 0 Å². The summed E-state index contributed by atoms with van der Waals surface area (Å²) in [4.78, 5) is 0. The summed E-state index contributed by atoms with van der Waals surface area (Å²) in [5.41, 5.74) is 7.60. The van der Waals surface area contributed by atoms with Crippen molar-refractivity contribution < 1.29 is 13.4 Å². The van der Waals surface area contributed by atoms with Gasteiger partial charge in [-0.1, -0.05) is 74.9 Å². The Morgan fingerprint density at radius 1 is 0.744 bits per heavy atom. The van der Waals surface area contributed by atoms with Gasteiger partial charge in [0.2, 0.25) is 5.69 Å². The molecule has 2 fully saturated rings. The number of hydrogen-bond acceptors (Lipinski definition) is 1. The minimum Gasteiger partial charge on any atom is -0.454 e. The molecule has 2 heterocycles. The zero-order valence-electron chi connectivity index (χ0n) is 23.1. The first kappa shape index (κ1) is 24.6. The monoisotopic (exact) mass is 518 g/mol. The van der Waals surface area contributed by atoms with E-state index in [9.17, 15) is 0 Å². The van der Waals surface area contributed by atoms with Crippen LogP contribution in [-0.4, -0.2) is 0 Å². The van der Waals surface area contributed by atoms with Crippen LogP contribution >= 0.6 is 0 Å². The van der Waals surface area contributed by atoms with Crippen LogP contribution in [0.4, 0.5) is 4.39 Å². The van der Waals surface area contributed by atoms with Gasteiger partial charge in [0.15, 0.2) is 6.20 Å². The van der Waals surface area contributed by atoms with Crippen molar-refractivity contribution in [3.8, 4) is 22.4 Å². The Hall–Kier alpha value is -3.46. The molecule has 0 aliphatic heterocycles. The topological polar surface area (TPSA) is 17.0 Å². The average Bonchev–Trinajstić information content (AvgIpc) is 3.60. The highest BCUT2D eigenvalue weighted by Crippen LogP contribution is 2.48. The van der Waals surface area contributed by atoms with Crippen LogP contribution in [0.2, 0.25) is 0 Å². The van der Waals surface area contributed by atoms with E-state index in [0.717, 1.165) is 50.6 Å². The minimum atomic E-state index is -0.237. The normalized spacial score (nSPS) is 20.3. The third kappa shape index (κ3) is 4.18. The quantitative estimate of drug-likeness (QED) is 0.216. The van der Waals surface area contributed by atoms with E-state index < -0.39 is 0 Å². The summed E-state index contributed by atoms with van der Waals surface area (Å²) in [7, 11) is 2.05. The predicted molar refractivity (Wildman–Crippen MR) is 157 cm³/mol. The molecule has 0 radical (unpaired) electrons. The smallest absolute Gasteiger partial charge is 0.216 e. The SMILES string of the molecule is Cc1ccc2c(oc3c(-c4ccc(C5CCCC5C5CCCCC5)cc4)c(F)ccc32)c1-c1cccc[n+]1C. The molecule has 2 saturated carbocycles. The molecule has 2 unspecified atom stereocenters. The molecular formula is C36H37FNO+. The van der Waals surface area contributed by atoms with Crippen molar-refractivity contribution in [2.75, 3.05) is 0 Å². The second kappa shape index (κ2) is 9.93. The molecular weight excluding hydrogens is 481 g/mol. The van der Waals surface area contributed by atoms with E-state index in [4.69, 9.17) is 4.42 Å². The molecule has 3 aromatic carbocycles. The summed E-state index contributed by atoms with van der Waals surface area (Å²) in [5.74, 6) is 2.11. The highest BCUT2D eigenvalue weighted by Gasteiger charge is 2.35. The average molecular weight is 519 g/mol. The zero-order chi connectivity index (χ0) is 26.5. The van der Waals surface area contributed by atoms with Crippen LogP contribution in [0.3, 0.4) is 0 Å². The van der Waals surface area contributed by atoms with Crippen molar-refractivity contribution in [1.29, 1.82) is 0 Å². The van der Waals surface area contributed by atoms with E-state index in [-0.39, 0.29) is 5.82 Å². The number of aromatic nitrogens is 1. The highest BCUT2D eigenvalue weighted by molar-refractivity contribution is 6.13. The minimum absolute atomic E-state index is 0.237. The Morgan fingerprint density at radius 3 is 2.26 bits per heavy atom. The lowest BCUT2D eigenvalue weighted by atomic mass is 9.73. The van der Waals surface area contributed by atoms with Crippen molar-refractivity contribution >= 4 is 21.9 Å². The number of benzene rings is 3. The maximum Gasteiger partial charge on any atom is 0.216 e. The molecule has 39 heavy (non-hydrogen) atoms. The largest absolute Gasteiger partial charge is 0.454 e. The van der Waals surface area contributed by atoms with Gasteiger partial charge in [-0.2, -0.15) is 0 Å². The third-order valence-corrected chi connectivity index (χ3v) is 9.73. The number of fused-ring (bicyclic) bond motifs is 3. The first-order valence-corrected chi connectivity index (χ1v) is 14.8. The molecule has 2 aromatic heterocycles. The van der Waals surface area contributed by atoms with Crippen molar-refractivity contribution in [2.45, 2.75) is 64.2 Å². The highest BCUT2D eigenvalue weighted by atomic mass is 19.1. The summed E-state index contributed by atoms with van der Waals surface area (Å²) in [5, 5.41) is 1.98. The second-order valence-electron chi connectivity index (χ2n) is 12.0. The lowest BCUT2D eigenvalue weighted by Crippen LogP contribution is -2.30. The Bertz CT molecular complexity index is 1660. The van der Waals surface area contributed by atoms with Crippen LogP contribution in [-0.2, 0) is 7.05 Å². The van der Waals surface area contributed by atoms with Crippen molar-refractivity contribution in [3.05, 3.63) is 89.9 Å². The van der Waals surface area contributed by atoms with Crippen LogP contribution < -0.4 is 4.57 Å². The molecule has 2 atom stereocenters. The fourth-order valence-electron chi connectivity index (χ4n) is 7.77. The summed E-state index contributed by atoms with van der Waals surface area (Å²) in [6.45, 7) is 2.11. The standard InChI is InChI=1S/C36H37FNO/c1-23-14-19-29-30-20-21-31(37)34(36(30)39-35(29)33(23)32-13-6-7-22-38(32)2)26-17-15-25(16-18-26)28-12-8-11-27(28)24-9-4-3-5-10-24/h6-7,13-22,24,27-28H,3-5,8-12H2,1-2H3/q+1. The van der Waals surface area contributed by atoms with Gasteiger partial charge in [-0.05, 0) is 72.4 Å². The van der Waals surface area contributed by atoms with E-state index in [0.29, 0.717) is 17.1 Å². The summed E-state index contributed by atoms with van der Waals surface area (Å²) >= 11 is 0. The molecule has 5 aromatic rings. The molecule has 0 saturated heterocycles. The predicted octanol–water partition coefficient (Wildman–Crippen LogP) is 9.66. The summed E-state index contributed by atoms with van der Waals surface area (Å²) < 4.78 is 24.3. The van der Waals surface area contributed by atoms with Gasteiger partial charge >= 0.3 is 0 Å². The Balaban J connectivity index is 1.31. The summed E-state index contributed by atoms with van der Waals surface area (Å²) in [6, 6.07) is 22.7. The number of pyridine rings is 1. The number of furan rings is 1. The number of nitrogens with zero attached hydrogens (tertiary/aromatic N) is 1. The Morgan fingerprint density at radius 2 is 1.49 bits per heavy atom. The number of rotatable bonds is 4. The molecule has 0 bridgehead atoms. The van der Waals surface area contributed by atoms with Gasteiger partial charge < -0.3 is 4.42 Å². The number of hydrogen-bond donors (Lipinski definition) is 0. The van der Waals surface area contributed by atoms with Gasteiger partial charge in [0, 0.05) is 22.9 Å². The van der Waals surface area contributed by atoms with Crippen LogP contribution in [0.15, 0.2) is 77.3 Å². The second-order valence-corrected chi connectivity index (χ2v) is 12.0. The van der Waals surface area contributed by atoms with E-state index in [2.05, 4.69) is 54.0 Å². The van der Waals surface area contributed by atoms with E-state index in [1.54, 1.807) is 6.07 Å². The van der Waals surface area contributed by atoms with Crippen molar-refractivity contribution in [2.24, 2.45) is 18.9 Å². The van der Waals surface area contributed by atoms with Crippen molar-refractivity contribution in [3.63, 3.8) is 0 Å². The van der Waals surface area contributed by atoms with Gasteiger partial charge in [0.05, 0.1) is 11.1 Å². The molecule has 0 N–H and O–H groups in total. The van der Waals surface area contributed by atoms with E-state index >= 15 is 4.39 Å². The van der Waals surface area contributed by atoms with Gasteiger partial charge in [-0.15, -0.1) is 0 Å². The lowest BCUT2D eigenvalue weighted by Gasteiger charge is -2.32. The lowest BCUT2D eigenvalue weighted by molar-refractivity contribution is -0.660. The van der Waals surface area contributed by atoms with E-state index in [1.807, 2.05) is 31.4 Å². The van der Waals surface area contributed by atoms with Gasteiger partial charge in [-0.3, -0.25) is 0 Å². The Labute approximate surface area is 230 Å². The molecule has 0 amide bonds. The molecule has 2 nitrogen and oxygen atoms in total. The first-order valence-electron chi connectivity index (χ1n) is 14.8. The molecule has 198 valence electrons. The zero-order valence-corrected chi connectivity index (χ0v) is 23.1. The third-order valence-electron chi connectivity index (χ3n) is 9.73. The van der Waals surface area contributed by atoms with Gasteiger partial charge in [-0.25, -0.2) is 8.96 Å². The fraction of sp³-hybridized carbons (Fsp3) is 0.361.